The largest absolute Gasteiger partial charge is 0.346 e. The Hall–Kier alpha value is -1.74. The van der Waals surface area contributed by atoms with Gasteiger partial charge in [0.2, 0.25) is 11.8 Å². The summed E-state index contributed by atoms with van der Waals surface area (Å²) in [5.74, 6) is -0.715. The standard InChI is InChI=1S/C17H26FN5O2.ClH/c1-23(17(25)11-20-16(24)10-19)7-3-6-14-9-15(22-21-14)12-4-2-5-13(18)8-12;/h2,4-5,8,14-15,21-22H,3,6-7,9-11,19H2,1H3,(H,20,24);1H. The first kappa shape index (κ1) is 22.3. The van der Waals surface area contributed by atoms with Crippen LogP contribution in [-0.4, -0.2) is 49.4 Å². The Bertz CT molecular complexity index is 604. The highest BCUT2D eigenvalue weighted by atomic mass is 35.5. The maximum absolute atomic E-state index is 13.3. The van der Waals surface area contributed by atoms with Crippen molar-refractivity contribution >= 4 is 24.2 Å². The summed E-state index contributed by atoms with van der Waals surface area (Å²) in [6.07, 6.45) is 2.60. The number of nitrogens with one attached hydrogen (secondary N) is 3. The van der Waals surface area contributed by atoms with E-state index in [4.69, 9.17) is 5.73 Å². The van der Waals surface area contributed by atoms with Crippen LogP contribution in [0.15, 0.2) is 24.3 Å². The van der Waals surface area contributed by atoms with Gasteiger partial charge in [-0.25, -0.2) is 4.39 Å². The maximum atomic E-state index is 13.3. The Morgan fingerprint density at radius 1 is 1.38 bits per heavy atom. The molecule has 1 aromatic rings. The quantitative estimate of drug-likeness (QED) is 0.519. The number of amides is 2. The molecular formula is C17H27ClFN5O2. The van der Waals surface area contributed by atoms with Crippen molar-refractivity contribution < 1.29 is 14.0 Å². The number of hydrogen-bond donors (Lipinski definition) is 4. The minimum absolute atomic E-state index is 0. The monoisotopic (exact) mass is 387 g/mol. The van der Waals surface area contributed by atoms with Gasteiger partial charge in [-0.3, -0.25) is 20.4 Å². The number of nitrogens with two attached hydrogens (primary N) is 1. The zero-order chi connectivity index (χ0) is 18.2. The van der Waals surface area contributed by atoms with E-state index in [-0.39, 0.29) is 55.2 Å². The van der Waals surface area contributed by atoms with Gasteiger partial charge in [0.05, 0.1) is 13.1 Å². The molecule has 1 heterocycles. The van der Waals surface area contributed by atoms with Gasteiger partial charge in [0, 0.05) is 25.7 Å². The minimum Gasteiger partial charge on any atom is -0.346 e. The van der Waals surface area contributed by atoms with E-state index >= 15 is 0 Å². The van der Waals surface area contributed by atoms with Gasteiger partial charge in [0.25, 0.3) is 0 Å². The van der Waals surface area contributed by atoms with Crippen molar-refractivity contribution in [1.29, 1.82) is 0 Å². The summed E-state index contributed by atoms with van der Waals surface area (Å²) < 4.78 is 13.3. The first-order valence-corrected chi connectivity index (χ1v) is 8.47. The molecule has 9 heteroatoms. The second-order valence-electron chi connectivity index (χ2n) is 6.27. The normalized spacial score (nSPS) is 18.9. The molecule has 5 N–H and O–H groups in total. The van der Waals surface area contributed by atoms with Crippen LogP contribution >= 0.6 is 12.4 Å². The smallest absolute Gasteiger partial charge is 0.241 e. The number of hydrazine groups is 1. The maximum Gasteiger partial charge on any atom is 0.241 e. The zero-order valence-electron chi connectivity index (χ0n) is 14.8. The molecule has 26 heavy (non-hydrogen) atoms. The number of likely N-dealkylation sites (N-methyl/N-ethyl adjacent to an activating group) is 1. The van der Waals surface area contributed by atoms with Crippen molar-refractivity contribution in [3.63, 3.8) is 0 Å². The lowest BCUT2D eigenvalue weighted by molar-refractivity contribution is -0.131. The molecule has 0 aromatic heterocycles. The molecule has 0 bridgehead atoms. The number of benzene rings is 1. The average Bonchev–Trinajstić information content (AvgIpc) is 3.08. The molecule has 2 unspecified atom stereocenters. The molecule has 0 aliphatic carbocycles. The molecule has 1 saturated heterocycles. The Morgan fingerprint density at radius 3 is 2.85 bits per heavy atom. The number of hydrogen-bond acceptors (Lipinski definition) is 5. The Labute approximate surface area is 159 Å². The molecule has 2 amide bonds. The van der Waals surface area contributed by atoms with Crippen LogP contribution in [0.4, 0.5) is 4.39 Å². The predicted octanol–water partition coefficient (Wildman–Crippen LogP) is 0.469. The fourth-order valence-electron chi connectivity index (χ4n) is 2.83. The molecule has 1 aliphatic rings. The van der Waals surface area contributed by atoms with Crippen molar-refractivity contribution in [3.8, 4) is 0 Å². The highest BCUT2D eigenvalue weighted by molar-refractivity contribution is 5.85. The van der Waals surface area contributed by atoms with Crippen molar-refractivity contribution in [1.82, 2.24) is 21.1 Å². The summed E-state index contributed by atoms with van der Waals surface area (Å²) in [5.41, 5.74) is 12.5. The first-order valence-electron chi connectivity index (χ1n) is 8.47. The summed E-state index contributed by atoms with van der Waals surface area (Å²) in [6.45, 7) is 0.460. The highest BCUT2D eigenvalue weighted by Gasteiger charge is 2.25. The van der Waals surface area contributed by atoms with E-state index in [1.54, 1.807) is 24.1 Å². The third-order valence-electron chi connectivity index (χ3n) is 4.33. The van der Waals surface area contributed by atoms with Crippen molar-refractivity contribution in [3.05, 3.63) is 35.6 Å². The van der Waals surface area contributed by atoms with Gasteiger partial charge in [-0.15, -0.1) is 12.4 Å². The van der Waals surface area contributed by atoms with Crippen LogP contribution in [0.1, 0.15) is 30.9 Å². The van der Waals surface area contributed by atoms with Gasteiger partial charge in [0.15, 0.2) is 0 Å². The lowest BCUT2D eigenvalue weighted by Gasteiger charge is -2.18. The Kier molecular flexibility index (Phi) is 9.50. The van der Waals surface area contributed by atoms with Crippen LogP contribution in [0, 0.1) is 5.82 Å². The van der Waals surface area contributed by atoms with Gasteiger partial charge in [-0.2, -0.15) is 0 Å². The van der Waals surface area contributed by atoms with Gasteiger partial charge >= 0.3 is 0 Å². The summed E-state index contributed by atoms with van der Waals surface area (Å²) in [5, 5.41) is 2.46. The topological polar surface area (TPSA) is 99.5 Å². The highest BCUT2D eigenvalue weighted by Crippen LogP contribution is 2.24. The number of nitrogens with zero attached hydrogens (tertiary/aromatic N) is 1. The van der Waals surface area contributed by atoms with E-state index in [0.29, 0.717) is 6.54 Å². The van der Waals surface area contributed by atoms with E-state index < -0.39 is 0 Å². The van der Waals surface area contributed by atoms with Gasteiger partial charge in [-0.05, 0) is 37.0 Å². The number of rotatable bonds is 8. The Balaban J connectivity index is 0.00000338. The summed E-state index contributed by atoms with van der Waals surface area (Å²) in [6, 6.07) is 6.97. The van der Waals surface area contributed by atoms with E-state index in [1.807, 2.05) is 6.07 Å². The lowest BCUT2D eigenvalue weighted by atomic mass is 9.99. The summed E-state index contributed by atoms with van der Waals surface area (Å²) in [7, 11) is 1.72. The number of carbonyl (C=O) groups excluding carboxylic acids is 2. The molecule has 146 valence electrons. The molecule has 0 saturated carbocycles. The molecule has 0 radical (unpaired) electrons. The van der Waals surface area contributed by atoms with Gasteiger partial charge in [-0.1, -0.05) is 12.1 Å². The van der Waals surface area contributed by atoms with Crippen LogP contribution in [0.25, 0.3) is 0 Å². The minimum atomic E-state index is -0.341. The van der Waals surface area contributed by atoms with Crippen molar-refractivity contribution in [2.75, 3.05) is 26.7 Å². The zero-order valence-corrected chi connectivity index (χ0v) is 15.7. The molecule has 2 atom stereocenters. The first-order chi connectivity index (χ1) is 12.0. The number of halogens is 2. The van der Waals surface area contributed by atoms with Crippen LogP contribution < -0.4 is 21.9 Å². The van der Waals surface area contributed by atoms with Crippen LogP contribution in [-0.2, 0) is 9.59 Å². The van der Waals surface area contributed by atoms with E-state index in [1.165, 1.54) is 6.07 Å². The molecule has 7 nitrogen and oxygen atoms in total. The van der Waals surface area contributed by atoms with E-state index in [2.05, 4.69) is 16.2 Å². The summed E-state index contributed by atoms with van der Waals surface area (Å²) >= 11 is 0. The van der Waals surface area contributed by atoms with Gasteiger partial charge in [0.1, 0.15) is 5.82 Å². The lowest BCUT2D eigenvalue weighted by Crippen LogP contribution is -2.40. The second-order valence-corrected chi connectivity index (χ2v) is 6.27. The Morgan fingerprint density at radius 2 is 2.15 bits per heavy atom. The van der Waals surface area contributed by atoms with Crippen LogP contribution in [0.2, 0.25) is 0 Å². The molecule has 1 aromatic carbocycles. The average molecular weight is 388 g/mol. The van der Waals surface area contributed by atoms with Crippen LogP contribution in [0.5, 0.6) is 0 Å². The van der Waals surface area contributed by atoms with Crippen LogP contribution in [0.3, 0.4) is 0 Å². The fraction of sp³-hybridized carbons (Fsp3) is 0.529. The molecule has 2 rings (SSSR count). The molecule has 1 fully saturated rings. The van der Waals surface area contributed by atoms with Crippen molar-refractivity contribution in [2.24, 2.45) is 5.73 Å². The molecular weight excluding hydrogens is 361 g/mol. The summed E-state index contributed by atoms with van der Waals surface area (Å²) in [4.78, 5) is 24.5. The second kappa shape index (κ2) is 11.1. The third-order valence-corrected chi connectivity index (χ3v) is 4.33. The van der Waals surface area contributed by atoms with E-state index in [9.17, 15) is 14.0 Å². The van der Waals surface area contributed by atoms with Crippen molar-refractivity contribution in [2.45, 2.75) is 31.3 Å². The predicted molar refractivity (Wildman–Crippen MR) is 100 cm³/mol. The molecule has 0 spiro atoms. The molecule has 1 aliphatic heterocycles. The number of carbonyl (C=O) groups is 2. The van der Waals surface area contributed by atoms with E-state index in [0.717, 1.165) is 24.8 Å². The van der Waals surface area contributed by atoms with Gasteiger partial charge < -0.3 is 16.0 Å². The fourth-order valence-corrected chi connectivity index (χ4v) is 2.83. The third kappa shape index (κ3) is 6.87. The SMILES string of the molecule is CN(CCCC1CC(c2cccc(F)c2)NN1)C(=O)CNC(=O)CN.Cl.